The number of nitrogens with zero attached hydrogens (tertiary/aromatic N) is 4. The minimum atomic E-state index is 0.665. The van der Waals surface area contributed by atoms with Crippen LogP contribution in [-0.4, -0.2) is 26.4 Å². The van der Waals surface area contributed by atoms with Gasteiger partial charge in [0, 0.05) is 49.6 Å². The summed E-state index contributed by atoms with van der Waals surface area (Å²) in [7, 11) is 0. The summed E-state index contributed by atoms with van der Waals surface area (Å²) in [5.41, 5.74) is 6.95. The first-order valence-electron chi connectivity index (χ1n) is 9.87. The number of aromatic nitrogens is 3. The van der Waals surface area contributed by atoms with Gasteiger partial charge in [-0.15, -0.1) is 0 Å². The monoisotopic (exact) mass is 382 g/mol. The molecule has 5 rings (SSSR count). The van der Waals surface area contributed by atoms with Crippen LogP contribution in [-0.2, 0) is 19.5 Å². The number of benzene rings is 1. The number of aryl methyl sites for hydroxylation is 1. The van der Waals surface area contributed by atoms with E-state index in [0.29, 0.717) is 5.82 Å². The average molecular weight is 382 g/mol. The molecule has 0 spiro atoms. The van der Waals surface area contributed by atoms with Gasteiger partial charge in [0.05, 0.1) is 17.7 Å². The van der Waals surface area contributed by atoms with Gasteiger partial charge >= 0.3 is 0 Å². The molecule has 1 aromatic carbocycles. The van der Waals surface area contributed by atoms with E-state index in [1.54, 1.807) is 6.26 Å². The third-order valence-electron chi connectivity index (χ3n) is 5.33. The van der Waals surface area contributed by atoms with Crippen LogP contribution >= 0.6 is 0 Å². The molecule has 5 heteroatoms. The molecule has 0 N–H and O–H groups in total. The molecule has 0 bridgehead atoms. The van der Waals surface area contributed by atoms with Crippen molar-refractivity contribution in [2.75, 3.05) is 6.54 Å². The molecule has 0 aliphatic carbocycles. The van der Waals surface area contributed by atoms with Crippen molar-refractivity contribution in [3.8, 4) is 22.8 Å². The number of hydrogen-bond donors (Lipinski definition) is 0. The van der Waals surface area contributed by atoms with Gasteiger partial charge in [0.25, 0.3) is 0 Å². The quantitative estimate of drug-likeness (QED) is 0.514. The molecule has 1 aliphatic rings. The smallest absolute Gasteiger partial charge is 0.195 e. The lowest BCUT2D eigenvalue weighted by Gasteiger charge is -2.27. The predicted molar refractivity (Wildman–Crippen MR) is 112 cm³/mol. The van der Waals surface area contributed by atoms with Gasteiger partial charge in [-0.1, -0.05) is 35.9 Å². The highest BCUT2D eigenvalue weighted by Gasteiger charge is 2.19. The molecule has 4 aromatic rings. The van der Waals surface area contributed by atoms with E-state index in [9.17, 15) is 0 Å². The van der Waals surface area contributed by atoms with Crippen LogP contribution in [0.5, 0.6) is 0 Å². The van der Waals surface area contributed by atoms with Crippen molar-refractivity contribution in [1.82, 2.24) is 19.9 Å². The summed E-state index contributed by atoms with van der Waals surface area (Å²) in [6.07, 6.45) is 6.49. The van der Waals surface area contributed by atoms with E-state index in [1.807, 2.05) is 24.5 Å². The maximum Gasteiger partial charge on any atom is 0.195 e. The summed E-state index contributed by atoms with van der Waals surface area (Å²) in [6.45, 7) is 4.80. The fourth-order valence-corrected chi connectivity index (χ4v) is 3.71. The molecule has 0 saturated heterocycles. The van der Waals surface area contributed by atoms with Gasteiger partial charge in [0.15, 0.2) is 11.6 Å². The molecule has 4 heterocycles. The molecule has 1 aliphatic heterocycles. The summed E-state index contributed by atoms with van der Waals surface area (Å²) < 4.78 is 5.42. The van der Waals surface area contributed by atoms with Crippen LogP contribution in [0.1, 0.15) is 22.4 Å². The molecule has 0 unspecified atom stereocenters. The Labute approximate surface area is 170 Å². The standard InChI is InChI=1S/C24H22N4O/c1-17-4-7-19(8-5-17)21-9-6-18(13-25-21)15-28-11-10-22-20(16-28)14-26-24(27-22)23-3-2-12-29-23/h2-9,12-14H,10-11,15-16H2,1H3. The summed E-state index contributed by atoms with van der Waals surface area (Å²) in [4.78, 5) is 16.3. The van der Waals surface area contributed by atoms with Gasteiger partial charge in [-0.05, 0) is 30.7 Å². The molecule has 0 amide bonds. The Bertz CT molecular complexity index is 1100. The highest BCUT2D eigenvalue weighted by molar-refractivity contribution is 5.59. The van der Waals surface area contributed by atoms with E-state index >= 15 is 0 Å². The van der Waals surface area contributed by atoms with Crippen LogP contribution in [0.2, 0.25) is 0 Å². The second kappa shape index (κ2) is 7.60. The lowest BCUT2D eigenvalue weighted by Crippen LogP contribution is -2.31. The first-order valence-corrected chi connectivity index (χ1v) is 9.87. The number of rotatable bonds is 4. The van der Waals surface area contributed by atoms with Gasteiger partial charge < -0.3 is 4.42 Å². The largest absolute Gasteiger partial charge is 0.461 e. The van der Waals surface area contributed by atoms with Gasteiger partial charge in [0.1, 0.15) is 0 Å². The van der Waals surface area contributed by atoms with Gasteiger partial charge in [-0.2, -0.15) is 0 Å². The highest BCUT2D eigenvalue weighted by atomic mass is 16.3. The van der Waals surface area contributed by atoms with Crippen molar-refractivity contribution in [1.29, 1.82) is 0 Å². The molecule has 0 saturated carbocycles. The molecule has 0 radical (unpaired) electrons. The van der Waals surface area contributed by atoms with Crippen LogP contribution in [0.25, 0.3) is 22.8 Å². The molecular weight excluding hydrogens is 360 g/mol. The normalized spacial score (nSPS) is 14.0. The summed E-state index contributed by atoms with van der Waals surface area (Å²) in [5, 5.41) is 0. The summed E-state index contributed by atoms with van der Waals surface area (Å²) in [6, 6.07) is 16.5. The number of furan rings is 1. The molecule has 0 fully saturated rings. The third kappa shape index (κ3) is 3.82. The van der Waals surface area contributed by atoms with Crippen LogP contribution < -0.4 is 0 Å². The Balaban J connectivity index is 1.27. The Kier molecular flexibility index (Phi) is 4.66. The fourth-order valence-electron chi connectivity index (χ4n) is 3.71. The van der Waals surface area contributed by atoms with Crippen molar-refractivity contribution < 1.29 is 4.42 Å². The Hall–Kier alpha value is -3.31. The first kappa shape index (κ1) is 17.8. The van der Waals surface area contributed by atoms with Gasteiger partial charge in [0.2, 0.25) is 0 Å². The van der Waals surface area contributed by atoms with E-state index in [2.05, 4.69) is 58.2 Å². The fraction of sp³-hybridized carbons (Fsp3) is 0.208. The van der Waals surface area contributed by atoms with E-state index in [1.165, 1.54) is 16.7 Å². The van der Waals surface area contributed by atoms with Crippen molar-refractivity contribution >= 4 is 0 Å². The lowest BCUT2D eigenvalue weighted by molar-refractivity contribution is 0.242. The van der Waals surface area contributed by atoms with Crippen molar-refractivity contribution in [3.63, 3.8) is 0 Å². The number of hydrogen-bond acceptors (Lipinski definition) is 5. The molecular formula is C24H22N4O. The van der Waals surface area contributed by atoms with Crippen LogP contribution in [0.3, 0.4) is 0 Å². The second-order valence-corrected chi connectivity index (χ2v) is 7.52. The van der Waals surface area contributed by atoms with E-state index < -0.39 is 0 Å². The van der Waals surface area contributed by atoms with Crippen molar-refractivity contribution in [2.45, 2.75) is 26.4 Å². The summed E-state index contributed by atoms with van der Waals surface area (Å²) in [5.74, 6) is 1.38. The molecule has 29 heavy (non-hydrogen) atoms. The SMILES string of the molecule is Cc1ccc(-c2ccc(CN3CCc4nc(-c5ccco5)ncc4C3)cn2)cc1. The molecule has 3 aromatic heterocycles. The van der Waals surface area contributed by atoms with Crippen LogP contribution in [0, 0.1) is 6.92 Å². The van der Waals surface area contributed by atoms with Crippen molar-refractivity contribution in [2.24, 2.45) is 0 Å². The van der Waals surface area contributed by atoms with E-state index in [0.717, 1.165) is 48.8 Å². The van der Waals surface area contributed by atoms with Crippen LogP contribution in [0.4, 0.5) is 0 Å². The molecule has 0 atom stereocenters. The Morgan fingerprint density at radius 2 is 1.90 bits per heavy atom. The van der Waals surface area contributed by atoms with Crippen molar-refractivity contribution in [3.05, 3.63) is 89.6 Å². The second-order valence-electron chi connectivity index (χ2n) is 7.52. The highest BCUT2D eigenvalue weighted by Crippen LogP contribution is 2.23. The third-order valence-corrected chi connectivity index (χ3v) is 5.33. The average Bonchev–Trinajstić information content (AvgIpc) is 3.30. The zero-order valence-electron chi connectivity index (χ0n) is 16.4. The lowest BCUT2D eigenvalue weighted by atomic mass is 10.1. The summed E-state index contributed by atoms with van der Waals surface area (Å²) >= 11 is 0. The minimum absolute atomic E-state index is 0.665. The van der Waals surface area contributed by atoms with E-state index in [-0.39, 0.29) is 0 Å². The zero-order valence-corrected chi connectivity index (χ0v) is 16.4. The topological polar surface area (TPSA) is 55.1 Å². The molecule has 144 valence electrons. The maximum atomic E-state index is 5.42. The maximum absolute atomic E-state index is 5.42. The van der Waals surface area contributed by atoms with Gasteiger partial charge in [-0.25, -0.2) is 9.97 Å². The number of pyridine rings is 1. The first-order chi connectivity index (χ1) is 14.2. The Morgan fingerprint density at radius 1 is 1.00 bits per heavy atom. The van der Waals surface area contributed by atoms with Crippen LogP contribution in [0.15, 0.2) is 71.6 Å². The van der Waals surface area contributed by atoms with E-state index in [4.69, 9.17) is 9.40 Å². The molecule has 5 nitrogen and oxygen atoms in total. The number of fused-ring (bicyclic) bond motifs is 1. The zero-order chi connectivity index (χ0) is 19.6. The minimum Gasteiger partial charge on any atom is -0.461 e. The Morgan fingerprint density at radius 3 is 2.66 bits per heavy atom. The van der Waals surface area contributed by atoms with Gasteiger partial charge in [-0.3, -0.25) is 9.88 Å². The predicted octanol–water partition coefficient (Wildman–Crippen LogP) is 4.67.